The molecule has 0 saturated carbocycles. The summed E-state index contributed by atoms with van der Waals surface area (Å²) in [5.74, 6) is 0.733. The first kappa shape index (κ1) is 16.9. The Hall–Kier alpha value is -0.120. The first-order valence-electron chi connectivity index (χ1n) is 7.06. The quantitative estimate of drug-likeness (QED) is 0.632. The lowest BCUT2D eigenvalue weighted by Crippen LogP contribution is -2.36. The van der Waals surface area contributed by atoms with E-state index in [4.69, 9.17) is 0 Å². The van der Waals surface area contributed by atoms with E-state index >= 15 is 0 Å². The van der Waals surface area contributed by atoms with Crippen LogP contribution in [-0.2, 0) is 0 Å². The first-order valence-corrected chi connectivity index (χ1v) is 7.06. The van der Waals surface area contributed by atoms with Crippen molar-refractivity contribution >= 4 is 0 Å². The summed E-state index contributed by atoms with van der Waals surface area (Å²) in [4.78, 5) is 4.83. The molecular formula is C14H33N3. The van der Waals surface area contributed by atoms with E-state index in [9.17, 15) is 0 Å². The molecule has 0 rings (SSSR count). The predicted octanol–water partition coefficient (Wildman–Crippen LogP) is 1.89. The SMILES string of the molecule is CCN(CCCN(C)C)CC(C)CNC(C)C. The second kappa shape index (κ2) is 9.86. The van der Waals surface area contributed by atoms with Crippen molar-refractivity contribution in [1.29, 1.82) is 0 Å². The molecule has 0 aliphatic heterocycles. The second-order valence-electron chi connectivity index (χ2n) is 5.72. The third-order valence-corrected chi connectivity index (χ3v) is 2.97. The van der Waals surface area contributed by atoms with Crippen molar-refractivity contribution in [3.63, 3.8) is 0 Å². The fourth-order valence-electron chi connectivity index (χ4n) is 1.93. The van der Waals surface area contributed by atoms with E-state index in [-0.39, 0.29) is 0 Å². The largest absolute Gasteiger partial charge is 0.314 e. The Morgan fingerprint density at radius 1 is 1.06 bits per heavy atom. The summed E-state index contributed by atoms with van der Waals surface area (Å²) in [5, 5.41) is 3.51. The van der Waals surface area contributed by atoms with Gasteiger partial charge in [0.05, 0.1) is 0 Å². The van der Waals surface area contributed by atoms with Gasteiger partial charge in [0.1, 0.15) is 0 Å². The van der Waals surface area contributed by atoms with Gasteiger partial charge < -0.3 is 15.1 Å². The lowest BCUT2D eigenvalue weighted by molar-refractivity contribution is 0.230. The molecule has 0 amide bonds. The molecule has 0 aliphatic rings. The number of hydrogen-bond donors (Lipinski definition) is 1. The van der Waals surface area contributed by atoms with Gasteiger partial charge in [-0.1, -0.05) is 27.7 Å². The second-order valence-corrected chi connectivity index (χ2v) is 5.72. The molecular weight excluding hydrogens is 210 g/mol. The fourth-order valence-corrected chi connectivity index (χ4v) is 1.93. The van der Waals surface area contributed by atoms with Crippen LogP contribution in [0.4, 0.5) is 0 Å². The maximum absolute atomic E-state index is 3.51. The normalized spacial score (nSPS) is 13.9. The molecule has 0 bridgehead atoms. The minimum absolute atomic E-state index is 0.598. The predicted molar refractivity (Wildman–Crippen MR) is 77.6 cm³/mol. The van der Waals surface area contributed by atoms with Gasteiger partial charge in [-0.3, -0.25) is 0 Å². The maximum atomic E-state index is 3.51. The molecule has 1 atom stereocenters. The van der Waals surface area contributed by atoms with Crippen LogP contribution in [0, 0.1) is 5.92 Å². The van der Waals surface area contributed by atoms with Gasteiger partial charge in [-0.15, -0.1) is 0 Å². The van der Waals surface area contributed by atoms with Crippen LogP contribution in [0.25, 0.3) is 0 Å². The summed E-state index contributed by atoms with van der Waals surface area (Å²) in [5.41, 5.74) is 0. The van der Waals surface area contributed by atoms with Crippen LogP contribution in [0.2, 0.25) is 0 Å². The summed E-state index contributed by atoms with van der Waals surface area (Å²) in [6.45, 7) is 14.9. The minimum atomic E-state index is 0.598. The van der Waals surface area contributed by atoms with E-state index in [1.807, 2.05) is 0 Å². The van der Waals surface area contributed by atoms with Crippen molar-refractivity contribution in [2.75, 3.05) is 46.8 Å². The molecule has 0 spiro atoms. The topological polar surface area (TPSA) is 18.5 Å². The highest BCUT2D eigenvalue weighted by molar-refractivity contribution is 4.66. The third kappa shape index (κ3) is 10.7. The van der Waals surface area contributed by atoms with Gasteiger partial charge in [-0.25, -0.2) is 0 Å². The maximum Gasteiger partial charge on any atom is 0.00190 e. The van der Waals surface area contributed by atoms with Gasteiger partial charge in [-0.2, -0.15) is 0 Å². The van der Waals surface area contributed by atoms with Crippen LogP contribution < -0.4 is 5.32 Å². The van der Waals surface area contributed by atoms with Crippen LogP contribution in [0.5, 0.6) is 0 Å². The van der Waals surface area contributed by atoms with Gasteiger partial charge >= 0.3 is 0 Å². The molecule has 0 aliphatic carbocycles. The van der Waals surface area contributed by atoms with Gasteiger partial charge in [0, 0.05) is 12.6 Å². The van der Waals surface area contributed by atoms with Crippen LogP contribution in [0.3, 0.4) is 0 Å². The highest BCUT2D eigenvalue weighted by Crippen LogP contribution is 2.01. The Balaban J connectivity index is 3.71. The molecule has 3 heteroatoms. The van der Waals surface area contributed by atoms with Gasteiger partial charge in [0.2, 0.25) is 0 Å². The highest BCUT2D eigenvalue weighted by atomic mass is 15.1. The number of hydrogen-bond acceptors (Lipinski definition) is 3. The van der Waals surface area contributed by atoms with Crippen molar-refractivity contribution < 1.29 is 0 Å². The van der Waals surface area contributed by atoms with Crippen LogP contribution in [0.15, 0.2) is 0 Å². The summed E-state index contributed by atoms with van der Waals surface area (Å²) in [6.07, 6.45) is 1.27. The zero-order valence-corrected chi connectivity index (χ0v) is 12.8. The summed E-state index contributed by atoms with van der Waals surface area (Å²) < 4.78 is 0. The standard InChI is InChI=1S/C14H33N3/c1-7-17(10-8-9-16(5)6)12-14(4)11-15-13(2)3/h13-15H,7-12H2,1-6H3. The van der Waals surface area contributed by atoms with Crippen molar-refractivity contribution in [2.24, 2.45) is 5.92 Å². The first-order chi connectivity index (χ1) is 7.95. The third-order valence-electron chi connectivity index (χ3n) is 2.97. The Morgan fingerprint density at radius 3 is 2.18 bits per heavy atom. The summed E-state index contributed by atoms with van der Waals surface area (Å²) in [7, 11) is 4.29. The van der Waals surface area contributed by atoms with Gasteiger partial charge in [0.25, 0.3) is 0 Å². The van der Waals surface area contributed by atoms with Crippen molar-refractivity contribution in [3.05, 3.63) is 0 Å². The average Bonchev–Trinajstić information content (AvgIpc) is 2.24. The van der Waals surface area contributed by atoms with E-state index in [1.54, 1.807) is 0 Å². The molecule has 1 unspecified atom stereocenters. The average molecular weight is 243 g/mol. The van der Waals surface area contributed by atoms with Gasteiger partial charge in [0.15, 0.2) is 0 Å². The van der Waals surface area contributed by atoms with E-state index < -0.39 is 0 Å². The monoisotopic (exact) mass is 243 g/mol. The van der Waals surface area contributed by atoms with Crippen LogP contribution in [0.1, 0.15) is 34.1 Å². The molecule has 0 fully saturated rings. The van der Waals surface area contributed by atoms with Crippen molar-refractivity contribution in [3.8, 4) is 0 Å². The molecule has 104 valence electrons. The molecule has 0 saturated heterocycles. The van der Waals surface area contributed by atoms with Crippen molar-refractivity contribution in [1.82, 2.24) is 15.1 Å². The number of nitrogens with zero attached hydrogens (tertiary/aromatic N) is 2. The molecule has 1 N–H and O–H groups in total. The Morgan fingerprint density at radius 2 is 1.71 bits per heavy atom. The van der Waals surface area contributed by atoms with E-state index in [2.05, 4.69) is 56.9 Å². The van der Waals surface area contributed by atoms with Crippen LogP contribution in [-0.4, -0.2) is 62.7 Å². The molecule has 0 radical (unpaired) electrons. The van der Waals surface area contributed by atoms with E-state index in [0.717, 1.165) is 12.5 Å². The molecule has 0 heterocycles. The van der Waals surface area contributed by atoms with Crippen molar-refractivity contribution in [2.45, 2.75) is 40.2 Å². The van der Waals surface area contributed by atoms with E-state index in [1.165, 1.54) is 32.6 Å². The molecule has 0 aromatic rings. The number of nitrogens with one attached hydrogen (secondary N) is 1. The molecule has 17 heavy (non-hydrogen) atoms. The zero-order valence-electron chi connectivity index (χ0n) is 12.8. The van der Waals surface area contributed by atoms with Crippen LogP contribution >= 0.6 is 0 Å². The fraction of sp³-hybridized carbons (Fsp3) is 1.00. The molecule has 0 aromatic heterocycles. The Kier molecular flexibility index (Phi) is 9.79. The van der Waals surface area contributed by atoms with E-state index in [0.29, 0.717) is 6.04 Å². The Bertz CT molecular complexity index is 169. The smallest absolute Gasteiger partial charge is 0.00190 e. The zero-order chi connectivity index (χ0) is 13.3. The number of rotatable bonds is 10. The van der Waals surface area contributed by atoms with Gasteiger partial charge in [-0.05, 0) is 52.6 Å². The lowest BCUT2D eigenvalue weighted by atomic mass is 10.1. The summed E-state index contributed by atoms with van der Waals surface area (Å²) in [6, 6.07) is 0.598. The molecule has 0 aromatic carbocycles. The lowest BCUT2D eigenvalue weighted by Gasteiger charge is -2.25. The summed E-state index contributed by atoms with van der Waals surface area (Å²) >= 11 is 0. The highest BCUT2D eigenvalue weighted by Gasteiger charge is 2.08. The Labute approximate surface area is 109 Å². The molecule has 3 nitrogen and oxygen atoms in total. The minimum Gasteiger partial charge on any atom is -0.314 e.